The Morgan fingerprint density at radius 1 is 0.271 bits per heavy atom. The molecular formula is C67H41NO2. The summed E-state index contributed by atoms with van der Waals surface area (Å²) < 4.78 is 12.9. The predicted molar refractivity (Wildman–Crippen MR) is 288 cm³/mol. The predicted octanol–water partition coefficient (Wildman–Crippen LogP) is 18.3. The number of hydrogen-bond acceptors (Lipinski definition) is 3. The lowest BCUT2D eigenvalue weighted by atomic mass is 9.64. The zero-order valence-corrected chi connectivity index (χ0v) is 37.9. The normalized spacial score (nSPS) is 13.2. The monoisotopic (exact) mass is 891 g/mol. The number of fused-ring (bicyclic) bond motifs is 15. The van der Waals surface area contributed by atoms with Gasteiger partial charge in [0, 0.05) is 27.2 Å². The van der Waals surface area contributed by atoms with Gasteiger partial charge in [0.2, 0.25) is 0 Å². The Morgan fingerprint density at radius 2 is 0.657 bits per heavy atom. The van der Waals surface area contributed by atoms with Crippen LogP contribution < -0.4 is 4.90 Å². The third kappa shape index (κ3) is 5.40. The minimum absolute atomic E-state index is 0.680. The Bertz CT molecular complexity index is 4010. The Kier molecular flexibility index (Phi) is 8.28. The fourth-order valence-electron chi connectivity index (χ4n) is 12.3. The molecule has 1 aliphatic heterocycles. The summed E-state index contributed by atoms with van der Waals surface area (Å²) in [7, 11) is 0. The second-order valence-electron chi connectivity index (χ2n) is 18.6. The highest BCUT2D eigenvalue weighted by Crippen LogP contribution is 2.64. The molecule has 2 aromatic heterocycles. The fraction of sp³-hybridized carbons (Fsp3) is 0.0149. The lowest BCUT2D eigenvalue weighted by Crippen LogP contribution is -2.36. The van der Waals surface area contributed by atoms with E-state index in [4.69, 9.17) is 8.83 Å². The van der Waals surface area contributed by atoms with E-state index in [0.717, 1.165) is 94.3 Å². The van der Waals surface area contributed by atoms with E-state index >= 15 is 0 Å². The molecule has 70 heavy (non-hydrogen) atoms. The fourth-order valence-corrected chi connectivity index (χ4v) is 12.3. The molecule has 0 saturated carbocycles. The van der Waals surface area contributed by atoms with Gasteiger partial charge >= 0.3 is 0 Å². The minimum atomic E-state index is -0.680. The van der Waals surface area contributed by atoms with Crippen LogP contribution in [-0.2, 0) is 5.41 Å². The van der Waals surface area contributed by atoms with Crippen molar-refractivity contribution in [1.82, 2.24) is 0 Å². The van der Waals surface area contributed by atoms with Crippen molar-refractivity contribution in [1.29, 1.82) is 0 Å². The van der Waals surface area contributed by atoms with Gasteiger partial charge in [-0.05, 0) is 139 Å². The van der Waals surface area contributed by atoms with Crippen LogP contribution in [-0.4, -0.2) is 0 Å². The van der Waals surface area contributed by atoms with Crippen LogP contribution in [0.1, 0.15) is 22.3 Å². The molecule has 3 heteroatoms. The van der Waals surface area contributed by atoms with Crippen molar-refractivity contribution in [2.45, 2.75) is 5.41 Å². The van der Waals surface area contributed by atoms with Crippen LogP contribution >= 0.6 is 0 Å². The van der Waals surface area contributed by atoms with Crippen molar-refractivity contribution in [3.63, 3.8) is 0 Å². The van der Waals surface area contributed by atoms with E-state index in [-0.39, 0.29) is 0 Å². The molecule has 3 nitrogen and oxygen atoms in total. The molecule has 0 N–H and O–H groups in total. The summed E-state index contributed by atoms with van der Waals surface area (Å²) in [6.45, 7) is 0. The molecule has 1 spiro atoms. The Hall–Kier alpha value is -9.18. The van der Waals surface area contributed by atoms with Crippen LogP contribution in [0.5, 0.6) is 0 Å². The number of hydrogen-bond donors (Lipinski definition) is 0. The second kappa shape index (κ2) is 14.9. The number of furan rings is 2. The van der Waals surface area contributed by atoms with E-state index in [2.05, 4.69) is 241 Å². The Labute approximate surface area is 404 Å². The largest absolute Gasteiger partial charge is 0.456 e. The third-order valence-corrected chi connectivity index (χ3v) is 15.1. The van der Waals surface area contributed by atoms with Crippen molar-refractivity contribution in [3.8, 4) is 55.6 Å². The number of nitrogens with zero attached hydrogens (tertiary/aromatic N) is 1. The Balaban J connectivity index is 1.02. The van der Waals surface area contributed by atoms with Gasteiger partial charge in [-0.2, -0.15) is 0 Å². The molecule has 15 rings (SSSR count). The van der Waals surface area contributed by atoms with Crippen LogP contribution in [0.2, 0.25) is 0 Å². The Morgan fingerprint density at radius 3 is 1.16 bits per heavy atom. The highest BCUT2D eigenvalue weighted by atomic mass is 16.3. The maximum atomic E-state index is 6.45. The smallest absolute Gasteiger partial charge is 0.136 e. The molecule has 11 aromatic carbocycles. The van der Waals surface area contributed by atoms with Gasteiger partial charge in [0.25, 0.3) is 0 Å². The molecule has 2 aliphatic rings. The first kappa shape index (κ1) is 38.9. The average Bonchev–Trinajstić information content (AvgIpc) is 4.11. The molecule has 0 saturated heterocycles. The maximum Gasteiger partial charge on any atom is 0.136 e. The van der Waals surface area contributed by atoms with Gasteiger partial charge in [0.05, 0.1) is 16.8 Å². The van der Waals surface area contributed by atoms with Gasteiger partial charge in [-0.15, -0.1) is 0 Å². The highest BCUT2D eigenvalue weighted by molar-refractivity contribution is 6.15. The molecule has 0 amide bonds. The van der Waals surface area contributed by atoms with Crippen molar-refractivity contribution >= 4 is 60.9 Å². The quantitative estimate of drug-likeness (QED) is 0.172. The van der Waals surface area contributed by atoms with E-state index in [9.17, 15) is 0 Å². The van der Waals surface area contributed by atoms with Crippen LogP contribution in [0.25, 0.3) is 99.5 Å². The molecule has 326 valence electrons. The van der Waals surface area contributed by atoms with E-state index in [1.807, 2.05) is 12.1 Å². The number of anilines is 3. The molecule has 0 radical (unpaired) electrons. The van der Waals surface area contributed by atoms with Crippen LogP contribution in [0.4, 0.5) is 17.1 Å². The SMILES string of the molecule is c1ccc(N2c3ccc(-c4ccccc4-c4cccc5oc6ccccc6c45)cc3C3(c4ccccc4-c4ccccc43)c3cc(-c4ccccc4-c4cccc5oc6ccccc6c45)ccc32)cc1. The van der Waals surface area contributed by atoms with Gasteiger partial charge in [-0.1, -0.05) is 188 Å². The topological polar surface area (TPSA) is 29.5 Å². The maximum absolute atomic E-state index is 6.45. The van der Waals surface area contributed by atoms with Crippen molar-refractivity contribution < 1.29 is 8.83 Å². The summed E-state index contributed by atoms with van der Waals surface area (Å²) in [5, 5.41) is 4.50. The molecule has 0 fully saturated rings. The summed E-state index contributed by atoms with van der Waals surface area (Å²) in [5.41, 5.74) is 23.1. The third-order valence-electron chi connectivity index (χ3n) is 15.1. The summed E-state index contributed by atoms with van der Waals surface area (Å²) >= 11 is 0. The summed E-state index contributed by atoms with van der Waals surface area (Å²) in [6, 6.07) is 90.9. The van der Waals surface area contributed by atoms with E-state index in [1.54, 1.807) is 0 Å². The molecule has 0 bridgehead atoms. The van der Waals surface area contributed by atoms with Gasteiger partial charge < -0.3 is 13.7 Å². The number of para-hydroxylation sites is 3. The van der Waals surface area contributed by atoms with Gasteiger partial charge in [-0.25, -0.2) is 0 Å². The highest BCUT2D eigenvalue weighted by Gasteiger charge is 2.52. The molecule has 1 aliphatic carbocycles. The van der Waals surface area contributed by atoms with E-state index < -0.39 is 5.41 Å². The first-order chi connectivity index (χ1) is 34.7. The summed E-state index contributed by atoms with van der Waals surface area (Å²) in [4.78, 5) is 2.49. The first-order valence-corrected chi connectivity index (χ1v) is 24.1. The number of benzene rings is 11. The molecule has 3 heterocycles. The van der Waals surface area contributed by atoms with Crippen molar-refractivity contribution in [2.24, 2.45) is 0 Å². The summed E-state index contributed by atoms with van der Waals surface area (Å²) in [5.74, 6) is 0. The molecule has 0 unspecified atom stereocenters. The second-order valence-corrected chi connectivity index (χ2v) is 18.6. The van der Waals surface area contributed by atoms with Crippen LogP contribution in [0.3, 0.4) is 0 Å². The average molecular weight is 892 g/mol. The summed E-state index contributed by atoms with van der Waals surface area (Å²) in [6.07, 6.45) is 0. The standard InChI is InChI=1S/C67H41NO2/c1-2-18-44(19-3-1)68-59-38-36-42(45-20-4-6-22-47(45)51-28-16-34-63-65(51)53-26-10-14-32-61(53)69-63)40-57(59)67(55-30-12-8-24-49(55)50-25-9-13-31-56(50)67)58-41-43(37-39-60(58)68)46-21-5-7-23-48(46)52-29-17-35-64-66(52)54-27-11-15-33-62(54)70-64/h1-41H. The van der Waals surface area contributed by atoms with Crippen molar-refractivity contribution in [2.75, 3.05) is 4.90 Å². The number of rotatable bonds is 5. The van der Waals surface area contributed by atoms with Crippen LogP contribution in [0.15, 0.2) is 258 Å². The molecule has 13 aromatic rings. The molecule has 0 atom stereocenters. The first-order valence-electron chi connectivity index (χ1n) is 24.1. The minimum Gasteiger partial charge on any atom is -0.456 e. The lowest BCUT2D eigenvalue weighted by molar-refractivity contribution is 0.668. The zero-order chi connectivity index (χ0) is 45.9. The van der Waals surface area contributed by atoms with Crippen LogP contribution in [0, 0.1) is 0 Å². The van der Waals surface area contributed by atoms with E-state index in [0.29, 0.717) is 0 Å². The van der Waals surface area contributed by atoms with E-state index in [1.165, 1.54) is 44.5 Å². The van der Waals surface area contributed by atoms with Gasteiger partial charge in [0.15, 0.2) is 0 Å². The van der Waals surface area contributed by atoms with Gasteiger partial charge in [0.1, 0.15) is 22.3 Å². The van der Waals surface area contributed by atoms with Crippen molar-refractivity contribution in [3.05, 3.63) is 271 Å². The zero-order valence-electron chi connectivity index (χ0n) is 37.9. The lowest BCUT2D eigenvalue weighted by Gasteiger charge is -2.45. The molecular weight excluding hydrogens is 851 g/mol. The van der Waals surface area contributed by atoms with Gasteiger partial charge in [-0.3, -0.25) is 0 Å².